The number of rotatable bonds is 5. The highest BCUT2D eigenvalue weighted by Crippen LogP contribution is 2.30. The van der Waals surface area contributed by atoms with Gasteiger partial charge in [-0.15, -0.1) is 11.3 Å². The van der Waals surface area contributed by atoms with Gasteiger partial charge in [-0.2, -0.15) is 0 Å². The van der Waals surface area contributed by atoms with E-state index in [1.807, 2.05) is 29.6 Å². The number of anilines is 1. The van der Waals surface area contributed by atoms with Gasteiger partial charge < -0.3 is 10.4 Å². The summed E-state index contributed by atoms with van der Waals surface area (Å²) in [5.74, 6) is -0.0904. The number of amides is 1. The van der Waals surface area contributed by atoms with E-state index in [4.69, 9.17) is 23.2 Å². The molecule has 25 heavy (non-hydrogen) atoms. The minimum Gasteiger partial charge on any atom is -0.506 e. The van der Waals surface area contributed by atoms with E-state index >= 15 is 0 Å². The molecule has 0 saturated heterocycles. The zero-order chi connectivity index (χ0) is 17.8. The minimum absolute atomic E-state index is 0.0259. The fraction of sp³-hybridized carbons (Fsp3) is 0.0588. The molecular weight excluding hydrogens is 399 g/mol. The number of aromatic hydroxyl groups is 1. The molecule has 4 nitrogen and oxygen atoms in total. The van der Waals surface area contributed by atoms with Crippen LogP contribution >= 0.6 is 46.3 Å². The number of hydrogen-bond acceptors (Lipinski definition) is 5. The second-order valence-corrected chi connectivity index (χ2v) is 7.96. The lowest BCUT2D eigenvalue weighted by Gasteiger charge is -2.06. The molecule has 0 saturated carbocycles. The lowest BCUT2D eigenvalue weighted by atomic mass is 10.2. The first kappa shape index (κ1) is 18.1. The fourth-order valence-electron chi connectivity index (χ4n) is 2.00. The van der Waals surface area contributed by atoms with Crippen molar-refractivity contribution >= 4 is 57.9 Å². The Morgan fingerprint density at radius 3 is 2.64 bits per heavy atom. The van der Waals surface area contributed by atoms with Crippen LogP contribution in [0.25, 0.3) is 11.3 Å². The largest absolute Gasteiger partial charge is 0.506 e. The van der Waals surface area contributed by atoms with Crippen LogP contribution in [0, 0.1) is 0 Å². The molecule has 2 aromatic carbocycles. The predicted octanol–water partition coefficient (Wildman–Crippen LogP) is 5.55. The van der Waals surface area contributed by atoms with Gasteiger partial charge in [0.2, 0.25) is 5.91 Å². The fourth-order valence-corrected chi connectivity index (χ4v) is 3.93. The van der Waals surface area contributed by atoms with Gasteiger partial charge >= 0.3 is 0 Å². The van der Waals surface area contributed by atoms with Gasteiger partial charge in [0.15, 0.2) is 4.34 Å². The van der Waals surface area contributed by atoms with E-state index < -0.39 is 0 Å². The Morgan fingerprint density at radius 2 is 1.88 bits per heavy atom. The Bertz CT molecular complexity index is 898. The van der Waals surface area contributed by atoms with Crippen molar-refractivity contribution in [2.45, 2.75) is 4.34 Å². The van der Waals surface area contributed by atoms with Gasteiger partial charge in [-0.3, -0.25) is 4.79 Å². The Hall–Kier alpha value is -1.73. The Labute approximate surface area is 162 Å². The van der Waals surface area contributed by atoms with E-state index in [-0.39, 0.29) is 17.4 Å². The zero-order valence-corrected chi connectivity index (χ0v) is 15.8. The highest BCUT2D eigenvalue weighted by atomic mass is 35.5. The number of benzene rings is 2. The summed E-state index contributed by atoms with van der Waals surface area (Å²) >= 11 is 14.5. The molecule has 1 amide bonds. The van der Waals surface area contributed by atoms with Crippen LogP contribution < -0.4 is 5.32 Å². The van der Waals surface area contributed by atoms with Crippen molar-refractivity contribution in [2.24, 2.45) is 0 Å². The molecule has 3 aromatic rings. The number of hydrogen-bond donors (Lipinski definition) is 2. The second kappa shape index (κ2) is 8.10. The molecule has 0 atom stereocenters. The molecule has 0 unspecified atom stereocenters. The number of aromatic nitrogens is 1. The van der Waals surface area contributed by atoms with Gasteiger partial charge in [-0.25, -0.2) is 4.98 Å². The lowest BCUT2D eigenvalue weighted by Crippen LogP contribution is -2.14. The second-order valence-electron chi connectivity index (χ2n) is 5.00. The zero-order valence-electron chi connectivity index (χ0n) is 12.7. The average molecular weight is 411 g/mol. The number of halogens is 2. The van der Waals surface area contributed by atoms with Crippen LogP contribution in [0.1, 0.15) is 0 Å². The number of carbonyl (C=O) groups is 1. The number of nitrogens with one attached hydrogen (secondary N) is 1. The Balaban J connectivity index is 1.59. The third-order valence-electron chi connectivity index (χ3n) is 3.18. The monoisotopic (exact) mass is 410 g/mol. The van der Waals surface area contributed by atoms with E-state index in [0.717, 1.165) is 15.6 Å². The van der Waals surface area contributed by atoms with Gasteiger partial charge in [0.05, 0.1) is 17.1 Å². The molecule has 1 aromatic heterocycles. The van der Waals surface area contributed by atoms with Crippen LogP contribution in [0.4, 0.5) is 5.69 Å². The topological polar surface area (TPSA) is 62.2 Å². The number of phenols is 1. The molecule has 2 N–H and O–H groups in total. The number of carbonyl (C=O) groups excluding carboxylic acids is 1. The van der Waals surface area contributed by atoms with Gasteiger partial charge in [-0.05, 0) is 30.3 Å². The van der Waals surface area contributed by atoms with Crippen molar-refractivity contribution in [1.82, 2.24) is 4.98 Å². The molecule has 0 bridgehead atoms. The summed E-state index contributed by atoms with van der Waals surface area (Å²) in [7, 11) is 0. The van der Waals surface area contributed by atoms with E-state index in [2.05, 4.69) is 10.3 Å². The minimum atomic E-state index is -0.245. The average Bonchev–Trinajstić information content (AvgIpc) is 3.06. The maximum Gasteiger partial charge on any atom is 0.234 e. The lowest BCUT2D eigenvalue weighted by molar-refractivity contribution is -0.113. The van der Waals surface area contributed by atoms with Crippen LogP contribution in [-0.4, -0.2) is 21.8 Å². The highest BCUT2D eigenvalue weighted by Gasteiger charge is 2.10. The maximum absolute atomic E-state index is 12.0. The molecule has 0 aliphatic rings. The number of phenolic OH excluding ortho intramolecular Hbond substituents is 1. The third kappa shape index (κ3) is 4.89. The first-order valence-electron chi connectivity index (χ1n) is 7.14. The summed E-state index contributed by atoms with van der Waals surface area (Å²) in [6.07, 6.45) is 0. The molecular formula is C17H12Cl2N2O2S2. The smallest absolute Gasteiger partial charge is 0.234 e. The van der Waals surface area contributed by atoms with Crippen molar-refractivity contribution in [3.8, 4) is 17.0 Å². The summed E-state index contributed by atoms with van der Waals surface area (Å²) in [5.41, 5.74) is 2.11. The molecule has 0 aliphatic heterocycles. The van der Waals surface area contributed by atoms with Crippen molar-refractivity contribution in [3.05, 3.63) is 57.9 Å². The quantitative estimate of drug-likeness (QED) is 0.427. The van der Waals surface area contributed by atoms with Crippen LogP contribution in [-0.2, 0) is 4.79 Å². The number of thiazole rings is 1. The molecule has 0 radical (unpaired) electrons. The summed E-state index contributed by atoms with van der Waals surface area (Å²) in [4.78, 5) is 16.5. The van der Waals surface area contributed by atoms with E-state index in [0.29, 0.717) is 15.7 Å². The normalized spacial score (nSPS) is 10.6. The maximum atomic E-state index is 12.0. The van der Waals surface area contributed by atoms with Gasteiger partial charge in [0.25, 0.3) is 0 Å². The Kier molecular flexibility index (Phi) is 5.86. The van der Waals surface area contributed by atoms with Crippen LogP contribution in [0.2, 0.25) is 10.0 Å². The molecule has 0 spiro atoms. The summed E-state index contributed by atoms with van der Waals surface area (Å²) in [5, 5.41) is 15.4. The molecule has 0 fully saturated rings. The summed E-state index contributed by atoms with van der Waals surface area (Å²) < 4.78 is 0.787. The SMILES string of the molecule is O=C(CSc1nc(-c2ccc(Cl)cc2)cs1)Nc1cc(Cl)ccc1O. The predicted molar refractivity (Wildman–Crippen MR) is 105 cm³/mol. The van der Waals surface area contributed by atoms with Crippen molar-refractivity contribution < 1.29 is 9.90 Å². The Morgan fingerprint density at radius 1 is 1.16 bits per heavy atom. The van der Waals surface area contributed by atoms with Crippen molar-refractivity contribution in [3.63, 3.8) is 0 Å². The van der Waals surface area contributed by atoms with Gasteiger partial charge in [0.1, 0.15) is 5.75 Å². The summed E-state index contributed by atoms with van der Waals surface area (Å²) in [6.45, 7) is 0. The number of thioether (sulfide) groups is 1. The van der Waals surface area contributed by atoms with E-state index in [9.17, 15) is 9.90 Å². The first-order valence-corrected chi connectivity index (χ1v) is 9.76. The summed E-state index contributed by atoms with van der Waals surface area (Å²) in [6, 6.07) is 11.9. The van der Waals surface area contributed by atoms with Crippen LogP contribution in [0.3, 0.4) is 0 Å². The molecule has 3 rings (SSSR count). The van der Waals surface area contributed by atoms with Gasteiger partial charge in [-0.1, -0.05) is 47.1 Å². The third-order valence-corrected chi connectivity index (χ3v) is 5.69. The van der Waals surface area contributed by atoms with Crippen molar-refractivity contribution in [2.75, 3.05) is 11.1 Å². The van der Waals surface area contributed by atoms with Crippen molar-refractivity contribution in [1.29, 1.82) is 0 Å². The standard InChI is InChI=1S/C17H12Cl2N2O2S2/c18-11-3-1-10(2-4-11)14-8-24-17(21-14)25-9-16(23)20-13-7-12(19)5-6-15(13)22/h1-8,22H,9H2,(H,20,23). The first-order chi connectivity index (χ1) is 12.0. The molecule has 1 heterocycles. The van der Waals surface area contributed by atoms with E-state index in [1.54, 1.807) is 6.07 Å². The van der Waals surface area contributed by atoms with Crippen LogP contribution in [0.5, 0.6) is 5.75 Å². The molecule has 8 heteroatoms. The highest BCUT2D eigenvalue weighted by molar-refractivity contribution is 8.01. The van der Waals surface area contributed by atoms with Gasteiger partial charge in [0, 0.05) is 21.0 Å². The number of nitrogens with zero attached hydrogens (tertiary/aromatic N) is 1. The molecule has 128 valence electrons. The molecule has 0 aliphatic carbocycles. The van der Waals surface area contributed by atoms with Crippen LogP contribution in [0.15, 0.2) is 52.2 Å². The van der Waals surface area contributed by atoms with E-state index in [1.165, 1.54) is 35.2 Å².